The number of carbonyl (C=O) groups excluding carboxylic acids is 1. The van der Waals surface area contributed by atoms with E-state index in [4.69, 9.17) is 19.2 Å². The van der Waals surface area contributed by atoms with Gasteiger partial charge in [-0.05, 0) is 71.6 Å². The molecule has 10 heteroatoms. The first-order valence-corrected chi connectivity index (χ1v) is 13.3. The van der Waals surface area contributed by atoms with Gasteiger partial charge in [0.05, 0.1) is 35.8 Å². The van der Waals surface area contributed by atoms with E-state index in [0.29, 0.717) is 38.3 Å². The van der Waals surface area contributed by atoms with Gasteiger partial charge >= 0.3 is 5.97 Å². The van der Waals surface area contributed by atoms with Crippen molar-refractivity contribution < 1.29 is 19.0 Å². The molecule has 1 aromatic heterocycles. The maximum atomic E-state index is 13.5. The topological polar surface area (TPSA) is 92.0 Å². The minimum Gasteiger partial charge on any atom is -0.493 e. The molecule has 1 atom stereocenters. The zero-order valence-corrected chi connectivity index (χ0v) is 23.5. The molecule has 0 unspecified atom stereocenters. The summed E-state index contributed by atoms with van der Waals surface area (Å²) < 4.78 is 18.8. The Kier molecular flexibility index (Phi) is 8.46. The lowest BCUT2D eigenvalue weighted by molar-refractivity contribution is -0.147. The highest BCUT2D eigenvalue weighted by atomic mass is 79.9. The number of rotatable bonds is 7. The predicted molar refractivity (Wildman–Crippen MR) is 145 cm³/mol. The van der Waals surface area contributed by atoms with Crippen molar-refractivity contribution in [2.45, 2.75) is 51.0 Å². The van der Waals surface area contributed by atoms with Crippen LogP contribution >= 0.6 is 31.9 Å². The summed E-state index contributed by atoms with van der Waals surface area (Å²) in [5.74, 6) is 1.13. The summed E-state index contributed by atoms with van der Waals surface area (Å²) in [6.07, 6.45) is 6.15. The van der Waals surface area contributed by atoms with Crippen LogP contribution in [0.4, 0.5) is 0 Å². The van der Waals surface area contributed by atoms with Gasteiger partial charge in [0.15, 0.2) is 17.6 Å². The monoisotopic (exact) mass is 619 g/mol. The summed E-state index contributed by atoms with van der Waals surface area (Å²) >= 11 is 6.94. The summed E-state index contributed by atoms with van der Waals surface area (Å²) in [6.45, 7) is 1.59. The highest BCUT2D eigenvalue weighted by molar-refractivity contribution is 9.10. The van der Waals surface area contributed by atoms with E-state index < -0.39 is 12.1 Å². The van der Waals surface area contributed by atoms with E-state index in [-0.39, 0.29) is 11.5 Å². The first-order valence-electron chi connectivity index (χ1n) is 11.7. The molecule has 36 heavy (non-hydrogen) atoms. The molecule has 4 rings (SSSR count). The molecule has 190 valence electrons. The smallest absolute Gasteiger partial charge is 0.346 e. The van der Waals surface area contributed by atoms with E-state index >= 15 is 0 Å². The number of aromatic nitrogens is 2. The molecule has 0 N–H and O–H groups in total. The molecular formula is C26H27Br2N3O5. The predicted octanol–water partition coefficient (Wildman–Crippen LogP) is 5.80. The van der Waals surface area contributed by atoms with Crippen LogP contribution in [0.5, 0.6) is 11.5 Å². The number of methoxy groups -OCH3 is 2. The first-order chi connectivity index (χ1) is 17.3. The first kappa shape index (κ1) is 26.3. The Balaban J connectivity index is 1.76. The molecule has 0 saturated heterocycles. The van der Waals surface area contributed by atoms with Crippen LogP contribution in [0.15, 0.2) is 49.2 Å². The van der Waals surface area contributed by atoms with Gasteiger partial charge in [0.2, 0.25) is 0 Å². The molecular weight excluding hydrogens is 594 g/mol. The van der Waals surface area contributed by atoms with E-state index in [1.165, 1.54) is 25.3 Å². The Hall–Kier alpha value is -2.72. The van der Waals surface area contributed by atoms with Crippen LogP contribution in [-0.2, 0) is 9.53 Å². The molecule has 1 aliphatic carbocycles. The lowest BCUT2D eigenvalue weighted by atomic mass is 9.88. The number of halogens is 2. The van der Waals surface area contributed by atoms with Crippen molar-refractivity contribution in [1.29, 1.82) is 0 Å². The second-order valence-electron chi connectivity index (χ2n) is 8.65. The second-order valence-corrected chi connectivity index (χ2v) is 10.4. The van der Waals surface area contributed by atoms with Crippen LogP contribution in [0.25, 0.3) is 10.9 Å². The third kappa shape index (κ3) is 5.64. The fourth-order valence-electron chi connectivity index (χ4n) is 4.35. The van der Waals surface area contributed by atoms with Crippen molar-refractivity contribution in [2.24, 2.45) is 5.10 Å². The number of benzene rings is 2. The fraction of sp³-hybridized carbons (Fsp3) is 0.385. The van der Waals surface area contributed by atoms with Gasteiger partial charge in [0.1, 0.15) is 5.82 Å². The fourth-order valence-corrected chi connectivity index (χ4v) is 5.26. The number of esters is 1. The molecule has 3 aromatic rings. The molecule has 1 aliphatic rings. The van der Waals surface area contributed by atoms with E-state index in [1.807, 2.05) is 12.1 Å². The lowest BCUT2D eigenvalue weighted by Gasteiger charge is -2.22. The van der Waals surface area contributed by atoms with Crippen molar-refractivity contribution in [3.05, 3.63) is 61.0 Å². The highest BCUT2D eigenvalue weighted by Crippen LogP contribution is 2.37. The van der Waals surface area contributed by atoms with Gasteiger partial charge < -0.3 is 14.2 Å². The standard InChI is InChI=1S/C26H27Br2N3O5/c1-15(26(33)35-3)36-23-20(28)11-16(12-22(23)34-2)14-29-31-24(17-7-5-4-6-8-17)30-21-10-9-18(27)13-19(21)25(31)32/h9-15,17H,4-8H2,1-3H3/t15-/m0/s1. The van der Waals surface area contributed by atoms with Crippen LogP contribution in [0.1, 0.15) is 56.3 Å². The van der Waals surface area contributed by atoms with Crippen LogP contribution < -0.4 is 15.0 Å². The van der Waals surface area contributed by atoms with Crippen LogP contribution in [-0.4, -0.2) is 42.2 Å². The molecule has 0 spiro atoms. The minimum atomic E-state index is -0.820. The third-order valence-electron chi connectivity index (χ3n) is 6.21. The summed E-state index contributed by atoms with van der Waals surface area (Å²) in [4.78, 5) is 30.2. The molecule has 1 saturated carbocycles. The molecule has 0 aliphatic heterocycles. The molecule has 8 nitrogen and oxygen atoms in total. The van der Waals surface area contributed by atoms with E-state index in [9.17, 15) is 9.59 Å². The van der Waals surface area contributed by atoms with E-state index in [2.05, 4.69) is 37.0 Å². The Morgan fingerprint density at radius 1 is 1.17 bits per heavy atom. The molecule has 1 fully saturated rings. The average molecular weight is 621 g/mol. The summed E-state index contributed by atoms with van der Waals surface area (Å²) in [5, 5.41) is 5.09. The maximum Gasteiger partial charge on any atom is 0.346 e. The molecule has 0 bridgehead atoms. The summed E-state index contributed by atoms with van der Waals surface area (Å²) in [7, 11) is 2.81. The van der Waals surface area contributed by atoms with Crippen molar-refractivity contribution in [2.75, 3.05) is 14.2 Å². The Labute approximate surface area is 225 Å². The summed E-state index contributed by atoms with van der Waals surface area (Å²) in [5.41, 5.74) is 1.13. The van der Waals surface area contributed by atoms with Crippen LogP contribution in [0.3, 0.4) is 0 Å². The van der Waals surface area contributed by atoms with Crippen LogP contribution in [0, 0.1) is 0 Å². The number of nitrogens with zero attached hydrogens (tertiary/aromatic N) is 3. The Bertz CT molecular complexity index is 1370. The normalized spacial score (nSPS) is 15.2. The summed E-state index contributed by atoms with van der Waals surface area (Å²) in [6, 6.07) is 9.03. The minimum absolute atomic E-state index is 0.175. The van der Waals surface area contributed by atoms with Gasteiger partial charge in [0.25, 0.3) is 5.56 Å². The average Bonchev–Trinajstić information content (AvgIpc) is 2.89. The van der Waals surface area contributed by atoms with Crippen molar-refractivity contribution in [3.63, 3.8) is 0 Å². The van der Waals surface area contributed by atoms with Crippen molar-refractivity contribution in [3.8, 4) is 11.5 Å². The van der Waals surface area contributed by atoms with E-state index in [0.717, 1.165) is 30.2 Å². The highest BCUT2D eigenvalue weighted by Gasteiger charge is 2.23. The SMILES string of the molecule is COC(=O)[C@H](C)Oc1c(Br)cc(C=Nn2c(C3CCCCC3)nc3ccc(Br)cc3c2=O)cc1OC. The van der Waals surface area contributed by atoms with Crippen molar-refractivity contribution >= 4 is 54.9 Å². The number of fused-ring (bicyclic) bond motifs is 1. The van der Waals surface area contributed by atoms with E-state index in [1.54, 1.807) is 31.3 Å². The van der Waals surface area contributed by atoms with Crippen LogP contribution in [0.2, 0.25) is 0 Å². The molecule has 1 heterocycles. The maximum absolute atomic E-state index is 13.5. The van der Waals surface area contributed by atoms with Gasteiger partial charge in [-0.2, -0.15) is 9.78 Å². The quantitative estimate of drug-likeness (QED) is 0.245. The largest absolute Gasteiger partial charge is 0.493 e. The zero-order valence-electron chi connectivity index (χ0n) is 20.3. The number of ether oxygens (including phenoxy) is 3. The molecule has 0 radical (unpaired) electrons. The Morgan fingerprint density at radius 3 is 2.61 bits per heavy atom. The van der Waals surface area contributed by atoms with Gasteiger partial charge in [-0.3, -0.25) is 4.79 Å². The number of hydrogen-bond donors (Lipinski definition) is 0. The van der Waals surface area contributed by atoms with Gasteiger partial charge in [-0.25, -0.2) is 9.78 Å². The Morgan fingerprint density at radius 2 is 1.92 bits per heavy atom. The zero-order chi connectivity index (χ0) is 25.8. The number of carbonyl (C=O) groups is 1. The van der Waals surface area contributed by atoms with Gasteiger partial charge in [0, 0.05) is 10.4 Å². The second kappa shape index (κ2) is 11.6. The number of hydrogen-bond acceptors (Lipinski definition) is 7. The van der Waals surface area contributed by atoms with Crippen molar-refractivity contribution in [1.82, 2.24) is 9.66 Å². The molecule has 0 amide bonds. The molecule has 2 aromatic carbocycles. The van der Waals surface area contributed by atoms with Gasteiger partial charge in [-0.1, -0.05) is 35.2 Å². The third-order valence-corrected chi connectivity index (χ3v) is 7.29. The lowest BCUT2D eigenvalue weighted by Crippen LogP contribution is -2.25. The van der Waals surface area contributed by atoms with Gasteiger partial charge in [-0.15, -0.1) is 0 Å².